The summed E-state index contributed by atoms with van der Waals surface area (Å²) in [6.07, 6.45) is -0.517. The number of carbonyl (C=O) groups is 3. The van der Waals surface area contributed by atoms with Crippen LogP contribution in [0.15, 0.2) is 24.3 Å². The molecule has 6 nitrogen and oxygen atoms in total. The monoisotopic (exact) mass is 246 g/mol. The number of carbonyl (C=O) groups excluding carboxylic acids is 3. The Balaban J connectivity index is 1.82. The highest BCUT2D eigenvalue weighted by atomic mass is 16.6. The first-order chi connectivity index (χ1) is 8.66. The molecule has 0 unspecified atom stereocenters. The van der Waals surface area contributed by atoms with E-state index in [2.05, 4.69) is 5.32 Å². The minimum Gasteiger partial charge on any atom is -0.447 e. The van der Waals surface area contributed by atoms with Gasteiger partial charge in [-0.15, -0.1) is 0 Å². The van der Waals surface area contributed by atoms with E-state index in [1.54, 1.807) is 24.3 Å². The van der Waals surface area contributed by atoms with Gasteiger partial charge in [-0.1, -0.05) is 12.1 Å². The lowest BCUT2D eigenvalue weighted by molar-refractivity contribution is 0.0639. The van der Waals surface area contributed by atoms with Gasteiger partial charge in [-0.05, 0) is 12.1 Å². The van der Waals surface area contributed by atoms with Crippen molar-refractivity contribution in [1.82, 2.24) is 10.2 Å². The number of benzene rings is 1. The van der Waals surface area contributed by atoms with Crippen LogP contribution < -0.4 is 5.32 Å². The Bertz CT molecular complexity index is 520. The summed E-state index contributed by atoms with van der Waals surface area (Å²) in [4.78, 5) is 36.1. The highest BCUT2D eigenvalue weighted by Crippen LogP contribution is 2.22. The zero-order chi connectivity index (χ0) is 12.7. The van der Waals surface area contributed by atoms with Crippen LogP contribution in [0.3, 0.4) is 0 Å². The third-order valence-electron chi connectivity index (χ3n) is 3.02. The van der Waals surface area contributed by atoms with Crippen molar-refractivity contribution in [3.8, 4) is 0 Å². The molecule has 3 rings (SSSR count). The molecule has 0 aliphatic carbocycles. The lowest BCUT2D eigenvalue weighted by Crippen LogP contribution is -2.42. The molecule has 1 aromatic carbocycles. The van der Waals surface area contributed by atoms with Gasteiger partial charge in [-0.3, -0.25) is 14.5 Å². The van der Waals surface area contributed by atoms with E-state index in [1.165, 1.54) is 0 Å². The van der Waals surface area contributed by atoms with Gasteiger partial charge >= 0.3 is 6.09 Å². The summed E-state index contributed by atoms with van der Waals surface area (Å²) in [6, 6.07) is 6.35. The van der Waals surface area contributed by atoms with Crippen molar-refractivity contribution in [2.24, 2.45) is 0 Å². The van der Waals surface area contributed by atoms with E-state index in [9.17, 15) is 14.4 Å². The molecular weight excluding hydrogens is 236 g/mol. The summed E-state index contributed by atoms with van der Waals surface area (Å²) in [5.41, 5.74) is 0.820. The number of nitrogens with one attached hydrogen (secondary N) is 1. The normalized spacial score (nSPS) is 21.9. The van der Waals surface area contributed by atoms with Crippen molar-refractivity contribution in [2.75, 3.05) is 13.2 Å². The van der Waals surface area contributed by atoms with Gasteiger partial charge in [0.2, 0.25) is 0 Å². The van der Waals surface area contributed by atoms with Crippen LogP contribution in [-0.2, 0) is 4.74 Å². The van der Waals surface area contributed by atoms with Crippen molar-refractivity contribution in [2.45, 2.75) is 6.04 Å². The van der Waals surface area contributed by atoms with Crippen LogP contribution in [-0.4, -0.2) is 42.0 Å². The number of hydrogen-bond acceptors (Lipinski definition) is 4. The minimum absolute atomic E-state index is 0.137. The third kappa shape index (κ3) is 1.54. The number of nitrogens with zero attached hydrogens (tertiary/aromatic N) is 1. The smallest absolute Gasteiger partial charge is 0.407 e. The van der Waals surface area contributed by atoms with Crippen molar-refractivity contribution < 1.29 is 19.1 Å². The standard InChI is InChI=1S/C12H10N2O4/c15-10-8-3-1-2-4-9(8)11(16)14(10)5-7-6-18-12(17)13-7/h1-4,7H,5-6H2,(H,13,17)/t7-/m1/s1. The first-order valence-electron chi connectivity index (χ1n) is 5.55. The molecule has 0 saturated carbocycles. The van der Waals surface area contributed by atoms with Crippen molar-refractivity contribution >= 4 is 17.9 Å². The maximum Gasteiger partial charge on any atom is 0.407 e. The van der Waals surface area contributed by atoms with Gasteiger partial charge in [-0.25, -0.2) is 4.79 Å². The summed E-state index contributed by atoms with van der Waals surface area (Å²) in [5, 5.41) is 2.54. The summed E-state index contributed by atoms with van der Waals surface area (Å²) in [6.45, 7) is 0.310. The second kappa shape index (κ2) is 3.83. The zero-order valence-electron chi connectivity index (χ0n) is 9.38. The summed E-state index contributed by atoms with van der Waals surface area (Å²) in [5.74, 6) is -0.645. The Morgan fingerprint density at radius 3 is 2.28 bits per heavy atom. The molecule has 2 heterocycles. The Hall–Kier alpha value is -2.37. The fourth-order valence-corrected chi connectivity index (χ4v) is 2.15. The summed E-state index contributed by atoms with van der Waals surface area (Å²) < 4.78 is 4.72. The lowest BCUT2D eigenvalue weighted by Gasteiger charge is -2.16. The summed E-state index contributed by atoms with van der Waals surface area (Å²) >= 11 is 0. The third-order valence-corrected chi connectivity index (χ3v) is 3.02. The van der Waals surface area contributed by atoms with Crippen LogP contribution >= 0.6 is 0 Å². The van der Waals surface area contributed by atoms with Gasteiger partial charge < -0.3 is 10.1 Å². The molecule has 0 bridgehead atoms. The number of imide groups is 1. The molecule has 0 radical (unpaired) electrons. The van der Waals surface area contributed by atoms with Crippen LogP contribution in [0.4, 0.5) is 4.79 Å². The highest BCUT2D eigenvalue weighted by Gasteiger charge is 2.37. The molecular formula is C12H10N2O4. The van der Waals surface area contributed by atoms with Gasteiger partial charge in [0.25, 0.3) is 11.8 Å². The van der Waals surface area contributed by atoms with Gasteiger partial charge in [0.05, 0.1) is 23.7 Å². The van der Waals surface area contributed by atoms with Crippen LogP contribution in [0.5, 0.6) is 0 Å². The largest absolute Gasteiger partial charge is 0.447 e. The number of amides is 3. The number of hydrogen-bond donors (Lipinski definition) is 1. The molecule has 18 heavy (non-hydrogen) atoms. The molecule has 6 heteroatoms. The van der Waals surface area contributed by atoms with E-state index in [0.29, 0.717) is 11.1 Å². The summed E-state index contributed by atoms with van der Waals surface area (Å²) in [7, 11) is 0. The van der Waals surface area contributed by atoms with Crippen LogP contribution in [0.2, 0.25) is 0 Å². The predicted molar refractivity (Wildman–Crippen MR) is 60.1 cm³/mol. The fourth-order valence-electron chi connectivity index (χ4n) is 2.15. The van der Waals surface area contributed by atoms with Crippen molar-refractivity contribution in [3.63, 3.8) is 0 Å². The van der Waals surface area contributed by atoms with E-state index in [4.69, 9.17) is 4.74 Å². The molecule has 1 saturated heterocycles. The molecule has 1 aromatic rings. The number of alkyl carbamates (subject to hydrolysis) is 1. The quantitative estimate of drug-likeness (QED) is 0.766. The maximum atomic E-state index is 12.0. The van der Waals surface area contributed by atoms with Gasteiger partial charge in [0.15, 0.2) is 0 Å². The van der Waals surface area contributed by atoms with E-state index in [0.717, 1.165) is 4.90 Å². The van der Waals surface area contributed by atoms with Gasteiger partial charge in [0.1, 0.15) is 6.61 Å². The zero-order valence-corrected chi connectivity index (χ0v) is 9.38. The number of ether oxygens (including phenoxy) is 1. The second-order valence-corrected chi connectivity index (χ2v) is 4.21. The Morgan fingerprint density at radius 1 is 1.17 bits per heavy atom. The second-order valence-electron chi connectivity index (χ2n) is 4.21. The lowest BCUT2D eigenvalue weighted by atomic mass is 10.1. The molecule has 1 fully saturated rings. The molecule has 1 atom stereocenters. The van der Waals surface area contributed by atoms with Crippen molar-refractivity contribution in [1.29, 1.82) is 0 Å². The van der Waals surface area contributed by atoms with Crippen LogP contribution in [0.25, 0.3) is 0 Å². The Kier molecular flexibility index (Phi) is 2.29. The molecule has 92 valence electrons. The predicted octanol–water partition coefficient (Wildman–Crippen LogP) is 0.391. The van der Waals surface area contributed by atoms with E-state index >= 15 is 0 Å². The Morgan fingerprint density at radius 2 is 1.78 bits per heavy atom. The number of rotatable bonds is 2. The SMILES string of the molecule is O=C1N[C@H](CN2C(=O)c3ccccc3C2=O)CO1. The van der Waals surface area contributed by atoms with Crippen LogP contribution in [0.1, 0.15) is 20.7 Å². The first kappa shape index (κ1) is 10.8. The molecule has 3 amide bonds. The molecule has 0 spiro atoms. The first-order valence-corrected chi connectivity index (χ1v) is 5.55. The number of fused-ring (bicyclic) bond motifs is 1. The minimum atomic E-state index is -0.517. The molecule has 0 aromatic heterocycles. The van der Waals surface area contributed by atoms with Crippen molar-refractivity contribution in [3.05, 3.63) is 35.4 Å². The molecule has 2 aliphatic rings. The van der Waals surface area contributed by atoms with E-state index < -0.39 is 6.09 Å². The molecule has 1 N–H and O–H groups in total. The average Bonchev–Trinajstić information content (AvgIpc) is 2.88. The fraction of sp³-hybridized carbons (Fsp3) is 0.250. The Labute approximate surface area is 103 Å². The van der Waals surface area contributed by atoms with E-state index in [-0.39, 0.29) is 31.0 Å². The highest BCUT2D eigenvalue weighted by molar-refractivity contribution is 6.21. The topological polar surface area (TPSA) is 75.7 Å². The van der Waals surface area contributed by atoms with Gasteiger partial charge in [-0.2, -0.15) is 0 Å². The number of cyclic esters (lactones) is 1. The van der Waals surface area contributed by atoms with Gasteiger partial charge in [0, 0.05) is 0 Å². The maximum absolute atomic E-state index is 12.0. The average molecular weight is 246 g/mol. The molecule has 2 aliphatic heterocycles. The van der Waals surface area contributed by atoms with Crippen LogP contribution in [0, 0.1) is 0 Å². The van der Waals surface area contributed by atoms with E-state index in [1.807, 2.05) is 0 Å².